The van der Waals surface area contributed by atoms with Crippen molar-refractivity contribution in [3.63, 3.8) is 0 Å². The van der Waals surface area contributed by atoms with Crippen LogP contribution in [0.1, 0.15) is 22.8 Å². The fraction of sp³-hybridized carbons (Fsp3) is 0.417. The van der Waals surface area contributed by atoms with Gasteiger partial charge in [0.05, 0.1) is 13.2 Å². The molecule has 0 unspecified atom stereocenters. The van der Waals surface area contributed by atoms with Gasteiger partial charge in [-0.05, 0) is 44.7 Å². The number of Topliss-reactive ketones (excluding diaryl/α,β-unsaturated/α-hetero) is 1. The van der Waals surface area contributed by atoms with Crippen LogP contribution < -0.4 is 10.1 Å². The number of ketones is 1. The molecule has 0 spiro atoms. The highest BCUT2D eigenvalue weighted by Gasteiger charge is 2.06. The molecule has 3 heteroatoms. The van der Waals surface area contributed by atoms with Gasteiger partial charge in [0.2, 0.25) is 0 Å². The van der Waals surface area contributed by atoms with Crippen molar-refractivity contribution in [3.8, 4) is 5.75 Å². The third-order valence-electron chi connectivity index (χ3n) is 2.13. The SMILES string of the molecule is CCOc1ccc(C(=O)CNC)cc1C. The van der Waals surface area contributed by atoms with Gasteiger partial charge in [0.25, 0.3) is 0 Å². The molecule has 0 aliphatic heterocycles. The zero-order valence-electron chi connectivity index (χ0n) is 9.46. The number of carbonyl (C=O) groups is 1. The second kappa shape index (κ2) is 5.51. The predicted molar refractivity (Wildman–Crippen MR) is 60.6 cm³/mol. The van der Waals surface area contributed by atoms with Gasteiger partial charge in [0.15, 0.2) is 5.78 Å². The van der Waals surface area contributed by atoms with E-state index in [9.17, 15) is 4.79 Å². The summed E-state index contributed by atoms with van der Waals surface area (Å²) in [7, 11) is 1.76. The highest BCUT2D eigenvalue weighted by molar-refractivity contribution is 5.97. The summed E-state index contributed by atoms with van der Waals surface area (Å²) >= 11 is 0. The van der Waals surface area contributed by atoms with Crippen molar-refractivity contribution in [2.45, 2.75) is 13.8 Å². The van der Waals surface area contributed by atoms with Gasteiger partial charge < -0.3 is 10.1 Å². The second-order valence-corrected chi connectivity index (χ2v) is 3.37. The first kappa shape index (κ1) is 11.7. The van der Waals surface area contributed by atoms with Gasteiger partial charge in [0.1, 0.15) is 5.75 Å². The van der Waals surface area contributed by atoms with Gasteiger partial charge in [-0.1, -0.05) is 0 Å². The molecule has 0 amide bonds. The highest BCUT2D eigenvalue weighted by Crippen LogP contribution is 2.19. The van der Waals surface area contributed by atoms with Crippen molar-refractivity contribution in [3.05, 3.63) is 29.3 Å². The van der Waals surface area contributed by atoms with Gasteiger partial charge in [-0.15, -0.1) is 0 Å². The Morgan fingerprint density at radius 1 is 1.47 bits per heavy atom. The number of rotatable bonds is 5. The number of aryl methyl sites for hydroxylation is 1. The molecule has 0 fully saturated rings. The monoisotopic (exact) mass is 207 g/mol. The molecule has 0 aliphatic rings. The van der Waals surface area contributed by atoms with Crippen LogP contribution in [-0.2, 0) is 0 Å². The predicted octanol–water partition coefficient (Wildman–Crippen LogP) is 1.80. The summed E-state index contributed by atoms with van der Waals surface area (Å²) in [6.45, 7) is 4.90. The van der Waals surface area contributed by atoms with Crippen LogP contribution in [0.25, 0.3) is 0 Å². The molecule has 0 atom stereocenters. The summed E-state index contributed by atoms with van der Waals surface area (Å²) in [5.41, 5.74) is 1.73. The Kier molecular flexibility index (Phi) is 4.31. The molecule has 0 aliphatic carbocycles. The molecule has 0 aromatic heterocycles. The molecule has 15 heavy (non-hydrogen) atoms. The molecular formula is C12H17NO2. The average Bonchev–Trinajstić information content (AvgIpc) is 2.21. The van der Waals surface area contributed by atoms with E-state index in [0.717, 1.165) is 16.9 Å². The summed E-state index contributed by atoms with van der Waals surface area (Å²) < 4.78 is 5.40. The Balaban J connectivity index is 2.86. The molecule has 1 rings (SSSR count). The maximum Gasteiger partial charge on any atom is 0.176 e. The van der Waals surface area contributed by atoms with Crippen molar-refractivity contribution < 1.29 is 9.53 Å². The minimum absolute atomic E-state index is 0.101. The summed E-state index contributed by atoms with van der Waals surface area (Å²) in [4.78, 5) is 11.6. The molecule has 0 bridgehead atoms. The van der Waals surface area contributed by atoms with Crippen LogP contribution >= 0.6 is 0 Å². The van der Waals surface area contributed by atoms with Crippen molar-refractivity contribution in [2.24, 2.45) is 0 Å². The molecule has 1 aromatic rings. The van der Waals surface area contributed by atoms with Crippen molar-refractivity contribution in [1.29, 1.82) is 0 Å². The number of nitrogens with one attached hydrogen (secondary N) is 1. The van der Waals surface area contributed by atoms with Crippen LogP contribution in [0.4, 0.5) is 0 Å². The molecule has 3 nitrogen and oxygen atoms in total. The van der Waals surface area contributed by atoms with Crippen molar-refractivity contribution >= 4 is 5.78 Å². The molecule has 0 saturated heterocycles. The Morgan fingerprint density at radius 2 is 2.20 bits per heavy atom. The molecule has 1 aromatic carbocycles. The van der Waals surface area contributed by atoms with Crippen LogP contribution in [-0.4, -0.2) is 26.0 Å². The smallest absolute Gasteiger partial charge is 0.176 e. The van der Waals surface area contributed by atoms with Crippen molar-refractivity contribution in [2.75, 3.05) is 20.2 Å². The van der Waals surface area contributed by atoms with Gasteiger partial charge >= 0.3 is 0 Å². The number of carbonyl (C=O) groups excluding carboxylic acids is 1. The summed E-state index contributed by atoms with van der Waals surface area (Å²) in [6, 6.07) is 5.52. The van der Waals surface area contributed by atoms with Crippen molar-refractivity contribution in [1.82, 2.24) is 5.32 Å². The fourth-order valence-corrected chi connectivity index (χ4v) is 1.40. The van der Waals surface area contributed by atoms with E-state index in [1.165, 1.54) is 0 Å². The summed E-state index contributed by atoms with van der Waals surface area (Å²) in [5.74, 6) is 0.946. The minimum atomic E-state index is 0.101. The quantitative estimate of drug-likeness (QED) is 0.748. The average molecular weight is 207 g/mol. The zero-order valence-corrected chi connectivity index (χ0v) is 9.46. The van der Waals surface area contributed by atoms with Gasteiger partial charge in [-0.2, -0.15) is 0 Å². The van der Waals surface area contributed by atoms with Crippen LogP contribution in [0.5, 0.6) is 5.75 Å². The van der Waals surface area contributed by atoms with E-state index in [4.69, 9.17) is 4.74 Å². The van der Waals surface area contributed by atoms with E-state index in [0.29, 0.717) is 13.2 Å². The van der Waals surface area contributed by atoms with Crippen LogP contribution in [0.2, 0.25) is 0 Å². The number of hydrogen-bond donors (Lipinski definition) is 1. The Bertz CT molecular complexity index is 347. The first-order valence-corrected chi connectivity index (χ1v) is 5.10. The topological polar surface area (TPSA) is 38.3 Å². The Labute approximate surface area is 90.4 Å². The number of likely N-dealkylation sites (N-methyl/N-ethyl adjacent to an activating group) is 1. The maximum atomic E-state index is 11.6. The van der Waals surface area contributed by atoms with E-state index >= 15 is 0 Å². The fourth-order valence-electron chi connectivity index (χ4n) is 1.40. The van der Waals surface area contributed by atoms with Crippen LogP contribution in [0.15, 0.2) is 18.2 Å². The summed E-state index contributed by atoms with van der Waals surface area (Å²) in [6.07, 6.45) is 0. The normalized spacial score (nSPS) is 10.1. The van der Waals surface area contributed by atoms with Crippen LogP contribution in [0.3, 0.4) is 0 Å². The van der Waals surface area contributed by atoms with Gasteiger partial charge in [0, 0.05) is 5.56 Å². The molecule has 82 valence electrons. The Hall–Kier alpha value is -1.35. The lowest BCUT2D eigenvalue weighted by molar-refractivity contribution is 0.0993. The third kappa shape index (κ3) is 3.06. The lowest BCUT2D eigenvalue weighted by Crippen LogP contribution is -2.18. The molecule has 0 radical (unpaired) electrons. The van der Waals surface area contributed by atoms with E-state index < -0.39 is 0 Å². The lowest BCUT2D eigenvalue weighted by Gasteiger charge is -2.08. The van der Waals surface area contributed by atoms with Crippen LogP contribution in [0, 0.1) is 6.92 Å². The summed E-state index contributed by atoms with van der Waals surface area (Å²) in [5, 5.41) is 2.84. The Morgan fingerprint density at radius 3 is 2.73 bits per heavy atom. The second-order valence-electron chi connectivity index (χ2n) is 3.37. The number of hydrogen-bond acceptors (Lipinski definition) is 3. The number of ether oxygens (including phenoxy) is 1. The molecule has 1 N–H and O–H groups in total. The first-order chi connectivity index (χ1) is 7.19. The standard InChI is InChI=1S/C12H17NO2/c1-4-15-12-6-5-10(7-9(12)2)11(14)8-13-3/h5-7,13H,4,8H2,1-3H3. The number of benzene rings is 1. The lowest BCUT2D eigenvalue weighted by atomic mass is 10.1. The highest BCUT2D eigenvalue weighted by atomic mass is 16.5. The third-order valence-corrected chi connectivity index (χ3v) is 2.13. The largest absolute Gasteiger partial charge is 0.494 e. The molecule has 0 saturated carbocycles. The van der Waals surface area contributed by atoms with E-state index in [1.807, 2.05) is 26.0 Å². The molecular weight excluding hydrogens is 190 g/mol. The minimum Gasteiger partial charge on any atom is -0.494 e. The van der Waals surface area contributed by atoms with Gasteiger partial charge in [-0.25, -0.2) is 0 Å². The van der Waals surface area contributed by atoms with Gasteiger partial charge in [-0.3, -0.25) is 4.79 Å². The van der Waals surface area contributed by atoms with E-state index in [1.54, 1.807) is 13.1 Å². The van der Waals surface area contributed by atoms with E-state index in [-0.39, 0.29) is 5.78 Å². The molecule has 0 heterocycles. The first-order valence-electron chi connectivity index (χ1n) is 5.10. The maximum absolute atomic E-state index is 11.6. The van der Waals surface area contributed by atoms with E-state index in [2.05, 4.69) is 5.32 Å². The zero-order chi connectivity index (χ0) is 11.3.